The monoisotopic (exact) mass is 344 g/mol. The molecular formula is C20H25FN2S. The molecule has 0 aromatic heterocycles. The van der Waals surface area contributed by atoms with Gasteiger partial charge in [-0.15, -0.1) is 0 Å². The quantitative estimate of drug-likeness (QED) is 0.716. The first-order chi connectivity index (χ1) is 11.5. The van der Waals surface area contributed by atoms with E-state index in [1.807, 2.05) is 0 Å². The topological polar surface area (TPSA) is 24.1 Å². The molecule has 0 aliphatic heterocycles. The smallest absolute Gasteiger partial charge is 0.167 e. The van der Waals surface area contributed by atoms with E-state index in [4.69, 9.17) is 12.2 Å². The van der Waals surface area contributed by atoms with E-state index in [2.05, 4.69) is 55.7 Å². The van der Waals surface area contributed by atoms with Gasteiger partial charge in [0.25, 0.3) is 0 Å². The molecule has 0 saturated carbocycles. The summed E-state index contributed by atoms with van der Waals surface area (Å²) < 4.78 is 12.9. The van der Waals surface area contributed by atoms with Crippen LogP contribution in [-0.2, 0) is 6.54 Å². The summed E-state index contributed by atoms with van der Waals surface area (Å²) >= 11 is 5.34. The zero-order valence-electron chi connectivity index (χ0n) is 14.5. The maximum absolute atomic E-state index is 12.9. The first kappa shape index (κ1) is 18.4. The van der Waals surface area contributed by atoms with Crippen molar-refractivity contribution in [2.24, 2.45) is 0 Å². The molecule has 0 fully saturated rings. The fourth-order valence-corrected chi connectivity index (χ4v) is 2.71. The van der Waals surface area contributed by atoms with Gasteiger partial charge in [-0.25, -0.2) is 4.39 Å². The van der Waals surface area contributed by atoms with Crippen LogP contribution in [0, 0.1) is 5.82 Å². The molecule has 0 heterocycles. The average Bonchev–Trinajstić information content (AvgIpc) is 2.60. The van der Waals surface area contributed by atoms with Crippen LogP contribution in [0.15, 0.2) is 48.5 Å². The Morgan fingerprint density at radius 3 is 2.17 bits per heavy atom. The van der Waals surface area contributed by atoms with Gasteiger partial charge in [-0.05, 0) is 60.3 Å². The van der Waals surface area contributed by atoms with Crippen LogP contribution < -0.4 is 10.6 Å². The van der Waals surface area contributed by atoms with Gasteiger partial charge < -0.3 is 10.6 Å². The zero-order chi connectivity index (χ0) is 17.5. The third-order valence-corrected chi connectivity index (χ3v) is 4.59. The molecule has 2 atom stereocenters. The summed E-state index contributed by atoms with van der Waals surface area (Å²) in [4.78, 5) is 0. The minimum Gasteiger partial charge on any atom is -0.359 e. The predicted molar refractivity (Wildman–Crippen MR) is 103 cm³/mol. The van der Waals surface area contributed by atoms with Crippen molar-refractivity contribution in [1.82, 2.24) is 10.6 Å². The Bertz CT molecular complexity index is 652. The highest BCUT2D eigenvalue weighted by molar-refractivity contribution is 7.80. The molecule has 0 aliphatic carbocycles. The molecule has 2 aromatic carbocycles. The van der Waals surface area contributed by atoms with E-state index in [0.29, 0.717) is 17.6 Å². The van der Waals surface area contributed by atoms with E-state index in [1.54, 1.807) is 12.1 Å². The molecule has 0 bridgehead atoms. The highest BCUT2D eigenvalue weighted by atomic mass is 32.1. The lowest BCUT2D eigenvalue weighted by atomic mass is 9.96. The second-order valence-electron chi connectivity index (χ2n) is 6.15. The van der Waals surface area contributed by atoms with Crippen molar-refractivity contribution in [3.8, 4) is 0 Å². The molecule has 0 spiro atoms. The van der Waals surface area contributed by atoms with E-state index in [-0.39, 0.29) is 11.9 Å². The lowest BCUT2D eigenvalue weighted by Crippen LogP contribution is -2.36. The lowest BCUT2D eigenvalue weighted by molar-refractivity contribution is 0.626. The van der Waals surface area contributed by atoms with E-state index in [0.717, 1.165) is 12.0 Å². The van der Waals surface area contributed by atoms with Crippen LogP contribution in [0.3, 0.4) is 0 Å². The van der Waals surface area contributed by atoms with Gasteiger partial charge in [-0.3, -0.25) is 0 Å². The third kappa shape index (κ3) is 5.31. The molecule has 2 rings (SSSR count). The highest BCUT2D eigenvalue weighted by Gasteiger charge is 2.08. The van der Waals surface area contributed by atoms with Crippen LogP contribution in [0.25, 0.3) is 0 Å². The Morgan fingerprint density at radius 1 is 1.00 bits per heavy atom. The van der Waals surface area contributed by atoms with Crippen molar-refractivity contribution >= 4 is 17.3 Å². The molecule has 0 saturated heterocycles. The van der Waals surface area contributed by atoms with Crippen LogP contribution in [0.1, 0.15) is 55.8 Å². The lowest BCUT2D eigenvalue weighted by Gasteiger charge is -2.18. The highest BCUT2D eigenvalue weighted by Crippen LogP contribution is 2.21. The van der Waals surface area contributed by atoms with Crippen molar-refractivity contribution in [3.05, 3.63) is 71.0 Å². The van der Waals surface area contributed by atoms with Crippen molar-refractivity contribution in [1.29, 1.82) is 0 Å². The minimum atomic E-state index is -0.228. The van der Waals surface area contributed by atoms with Gasteiger partial charge >= 0.3 is 0 Å². The van der Waals surface area contributed by atoms with Crippen LogP contribution >= 0.6 is 12.2 Å². The molecule has 2 nitrogen and oxygen atoms in total. The van der Waals surface area contributed by atoms with Crippen LogP contribution in [0.4, 0.5) is 4.39 Å². The number of benzene rings is 2. The van der Waals surface area contributed by atoms with E-state index in [9.17, 15) is 4.39 Å². The largest absolute Gasteiger partial charge is 0.359 e. The molecule has 0 radical (unpaired) electrons. The van der Waals surface area contributed by atoms with Gasteiger partial charge in [-0.1, -0.05) is 50.2 Å². The normalized spacial score (nSPS) is 13.2. The third-order valence-electron chi connectivity index (χ3n) is 4.33. The Morgan fingerprint density at radius 2 is 1.58 bits per heavy atom. The summed E-state index contributed by atoms with van der Waals surface area (Å²) in [7, 11) is 0. The molecule has 2 N–H and O–H groups in total. The Labute approximate surface area is 149 Å². The van der Waals surface area contributed by atoms with Crippen molar-refractivity contribution in [2.75, 3.05) is 0 Å². The van der Waals surface area contributed by atoms with E-state index < -0.39 is 0 Å². The maximum atomic E-state index is 12.9. The van der Waals surface area contributed by atoms with Gasteiger partial charge in [0.2, 0.25) is 0 Å². The molecular weight excluding hydrogens is 319 g/mol. The SMILES string of the molecule is CC[C@@H](C)c1ccc([C@@H](C)NC(=S)NCc2ccc(F)cc2)cc1. The summed E-state index contributed by atoms with van der Waals surface area (Å²) in [6.07, 6.45) is 1.14. The molecule has 0 amide bonds. The number of thiocarbonyl (C=S) groups is 1. The second-order valence-corrected chi connectivity index (χ2v) is 6.56. The zero-order valence-corrected chi connectivity index (χ0v) is 15.3. The van der Waals surface area contributed by atoms with E-state index in [1.165, 1.54) is 23.3 Å². The van der Waals surface area contributed by atoms with Gasteiger partial charge in [0.05, 0.1) is 6.04 Å². The fraction of sp³-hybridized carbons (Fsp3) is 0.350. The second kappa shape index (κ2) is 8.78. The summed E-state index contributed by atoms with van der Waals surface area (Å²) in [5, 5.41) is 7.04. The number of hydrogen-bond donors (Lipinski definition) is 2. The maximum Gasteiger partial charge on any atom is 0.167 e. The summed E-state index contributed by atoms with van der Waals surface area (Å²) in [6.45, 7) is 7.11. The number of halogens is 1. The van der Waals surface area contributed by atoms with Gasteiger partial charge in [0, 0.05) is 6.54 Å². The molecule has 2 aromatic rings. The average molecular weight is 344 g/mol. The first-order valence-corrected chi connectivity index (χ1v) is 8.79. The predicted octanol–water partition coefficient (Wildman–Crippen LogP) is 5.06. The number of hydrogen-bond acceptors (Lipinski definition) is 1. The van der Waals surface area contributed by atoms with E-state index >= 15 is 0 Å². The number of rotatable bonds is 6. The summed E-state index contributed by atoms with van der Waals surface area (Å²) in [5.41, 5.74) is 3.56. The van der Waals surface area contributed by atoms with Crippen LogP contribution in [0.5, 0.6) is 0 Å². The molecule has 4 heteroatoms. The van der Waals surface area contributed by atoms with Crippen LogP contribution in [-0.4, -0.2) is 5.11 Å². The minimum absolute atomic E-state index is 0.129. The van der Waals surface area contributed by atoms with Crippen LogP contribution in [0.2, 0.25) is 0 Å². The first-order valence-electron chi connectivity index (χ1n) is 8.38. The summed E-state index contributed by atoms with van der Waals surface area (Å²) in [6, 6.07) is 15.2. The van der Waals surface area contributed by atoms with Gasteiger partial charge in [0.15, 0.2) is 5.11 Å². The fourth-order valence-electron chi connectivity index (χ4n) is 2.46. The van der Waals surface area contributed by atoms with Gasteiger partial charge in [-0.2, -0.15) is 0 Å². The van der Waals surface area contributed by atoms with Crippen molar-refractivity contribution in [2.45, 2.75) is 45.7 Å². The molecule has 24 heavy (non-hydrogen) atoms. The Balaban J connectivity index is 1.85. The number of nitrogens with one attached hydrogen (secondary N) is 2. The molecule has 0 unspecified atom stereocenters. The molecule has 128 valence electrons. The standard InChI is InChI=1S/C20H25FN2S/c1-4-14(2)17-7-9-18(10-8-17)15(3)23-20(24)22-13-16-5-11-19(21)12-6-16/h5-12,14-15H,4,13H2,1-3H3,(H2,22,23,24)/t14-,15-/m1/s1. The molecule has 0 aliphatic rings. The summed E-state index contributed by atoms with van der Waals surface area (Å²) in [5.74, 6) is 0.356. The van der Waals surface area contributed by atoms with Gasteiger partial charge in [0.1, 0.15) is 5.82 Å². The Kier molecular flexibility index (Phi) is 6.73. The Hall–Kier alpha value is -1.94. The van der Waals surface area contributed by atoms with Crippen molar-refractivity contribution in [3.63, 3.8) is 0 Å². The van der Waals surface area contributed by atoms with Crippen molar-refractivity contribution < 1.29 is 4.39 Å².